The van der Waals surface area contributed by atoms with E-state index in [1.165, 1.54) is 0 Å². The molecule has 1 N–H and O–H groups in total. The van der Waals surface area contributed by atoms with E-state index in [1.807, 2.05) is 49.4 Å². The van der Waals surface area contributed by atoms with Crippen LogP contribution in [-0.4, -0.2) is 22.4 Å². The van der Waals surface area contributed by atoms with E-state index in [0.717, 1.165) is 35.1 Å². The molecule has 5 heteroatoms. The van der Waals surface area contributed by atoms with Crippen LogP contribution in [0.3, 0.4) is 0 Å². The van der Waals surface area contributed by atoms with Crippen LogP contribution in [0.25, 0.3) is 0 Å². The summed E-state index contributed by atoms with van der Waals surface area (Å²) in [5.41, 5.74) is 2.89. The SMILES string of the molecule is C=CCOCc1c(O[C@@](C)(c2ccccc2)c2ncc[nH]2)ccc2c1CCCC2=O. The average Bonchev–Trinajstić information content (AvgIpc) is 3.32. The van der Waals surface area contributed by atoms with Crippen LogP contribution >= 0.6 is 0 Å². The molecule has 2 aromatic carbocycles. The number of ketones is 1. The fourth-order valence-electron chi connectivity index (χ4n) is 4.02. The Labute approximate surface area is 176 Å². The number of aromatic amines is 1. The van der Waals surface area contributed by atoms with Gasteiger partial charge in [0.25, 0.3) is 0 Å². The molecule has 1 aliphatic carbocycles. The molecule has 4 rings (SSSR count). The van der Waals surface area contributed by atoms with Crippen molar-refractivity contribution < 1.29 is 14.3 Å². The number of H-pyrrole nitrogens is 1. The summed E-state index contributed by atoms with van der Waals surface area (Å²) in [6.45, 7) is 6.52. The van der Waals surface area contributed by atoms with E-state index in [4.69, 9.17) is 9.47 Å². The van der Waals surface area contributed by atoms with E-state index in [9.17, 15) is 4.79 Å². The molecule has 30 heavy (non-hydrogen) atoms. The van der Waals surface area contributed by atoms with Crippen molar-refractivity contribution in [3.8, 4) is 5.75 Å². The first-order valence-corrected chi connectivity index (χ1v) is 10.2. The molecule has 1 aromatic heterocycles. The van der Waals surface area contributed by atoms with Gasteiger partial charge in [-0.1, -0.05) is 36.4 Å². The normalized spacial score (nSPS) is 15.3. The lowest BCUT2D eigenvalue weighted by Crippen LogP contribution is -2.33. The van der Waals surface area contributed by atoms with E-state index in [2.05, 4.69) is 16.5 Å². The van der Waals surface area contributed by atoms with Gasteiger partial charge >= 0.3 is 0 Å². The Morgan fingerprint density at radius 1 is 1.20 bits per heavy atom. The largest absolute Gasteiger partial charge is 0.474 e. The standard InChI is InChI=1S/C25H26N2O3/c1-3-16-29-17-21-19-10-7-11-22(28)20(19)12-13-23(21)30-25(2,24-26-14-15-27-24)18-8-5-4-6-9-18/h3-6,8-9,12-15H,1,7,10-11,16-17H2,2H3,(H,26,27)/t25-/m0/s1. The number of aromatic nitrogens is 2. The lowest BCUT2D eigenvalue weighted by molar-refractivity contribution is 0.0967. The topological polar surface area (TPSA) is 64.2 Å². The first-order valence-electron chi connectivity index (χ1n) is 10.2. The molecule has 0 amide bonds. The molecule has 0 unspecified atom stereocenters. The maximum absolute atomic E-state index is 12.5. The number of benzene rings is 2. The van der Waals surface area contributed by atoms with Crippen LogP contribution in [0.2, 0.25) is 0 Å². The summed E-state index contributed by atoms with van der Waals surface area (Å²) in [4.78, 5) is 20.1. The van der Waals surface area contributed by atoms with Crippen LogP contribution in [0.1, 0.15) is 52.6 Å². The lowest BCUT2D eigenvalue weighted by atomic mass is 9.86. The Morgan fingerprint density at radius 2 is 2.03 bits per heavy atom. The van der Waals surface area contributed by atoms with Crippen molar-refractivity contribution in [1.29, 1.82) is 0 Å². The molecule has 0 bridgehead atoms. The lowest BCUT2D eigenvalue weighted by Gasteiger charge is -2.32. The molecular weight excluding hydrogens is 376 g/mol. The molecule has 1 atom stereocenters. The second kappa shape index (κ2) is 8.67. The number of hydrogen-bond donors (Lipinski definition) is 1. The van der Waals surface area contributed by atoms with Gasteiger partial charge in [0.15, 0.2) is 17.2 Å². The Hall–Kier alpha value is -3.18. The number of Topliss-reactive ketones (excluding diaryl/α,β-unsaturated/α-hetero) is 1. The third-order valence-corrected chi connectivity index (χ3v) is 5.59. The van der Waals surface area contributed by atoms with Gasteiger partial charge in [-0.15, -0.1) is 6.58 Å². The molecule has 154 valence electrons. The molecule has 0 radical (unpaired) electrons. The number of fused-ring (bicyclic) bond motifs is 1. The van der Waals surface area contributed by atoms with Crippen molar-refractivity contribution in [3.63, 3.8) is 0 Å². The fourth-order valence-corrected chi connectivity index (χ4v) is 4.02. The smallest absolute Gasteiger partial charge is 0.188 e. The van der Waals surface area contributed by atoms with Gasteiger partial charge in [-0.2, -0.15) is 0 Å². The summed E-state index contributed by atoms with van der Waals surface area (Å²) in [6.07, 6.45) is 7.51. The van der Waals surface area contributed by atoms with E-state index >= 15 is 0 Å². The van der Waals surface area contributed by atoms with Crippen molar-refractivity contribution in [2.24, 2.45) is 0 Å². The predicted octanol–water partition coefficient (Wildman–Crippen LogP) is 4.97. The zero-order chi connectivity index (χ0) is 21.0. The van der Waals surface area contributed by atoms with Crippen LogP contribution in [0, 0.1) is 0 Å². The fraction of sp³-hybridized carbons (Fsp3) is 0.280. The number of carbonyl (C=O) groups excluding carboxylic acids is 1. The Bertz CT molecular complexity index is 1030. The number of nitrogens with zero attached hydrogens (tertiary/aromatic N) is 1. The van der Waals surface area contributed by atoms with Gasteiger partial charge in [0, 0.05) is 35.5 Å². The highest BCUT2D eigenvalue weighted by atomic mass is 16.5. The minimum atomic E-state index is -0.829. The van der Waals surface area contributed by atoms with E-state index in [0.29, 0.717) is 31.2 Å². The third kappa shape index (κ3) is 3.81. The second-order valence-corrected chi connectivity index (χ2v) is 7.59. The van der Waals surface area contributed by atoms with Gasteiger partial charge in [-0.3, -0.25) is 4.79 Å². The van der Waals surface area contributed by atoms with E-state index in [1.54, 1.807) is 18.5 Å². The van der Waals surface area contributed by atoms with Crippen LogP contribution in [0.5, 0.6) is 5.75 Å². The highest BCUT2D eigenvalue weighted by Gasteiger charge is 2.35. The van der Waals surface area contributed by atoms with Gasteiger partial charge in [0.1, 0.15) is 5.75 Å². The molecule has 5 nitrogen and oxygen atoms in total. The first-order chi connectivity index (χ1) is 14.6. The van der Waals surface area contributed by atoms with Crippen molar-refractivity contribution in [2.75, 3.05) is 6.61 Å². The van der Waals surface area contributed by atoms with Crippen LogP contribution in [0.15, 0.2) is 67.5 Å². The maximum atomic E-state index is 12.5. The maximum Gasteiger partial charge on any atom is 0.188 e. The summed E-state index contributed by atoms with van der Waals surface area (Å²) in [7, 11) is 0. The van der Waals surface area contributed by atoms with Crippen molar-refractivity contribution in [1.82, 2.24) is 9.97 Å². The molecule has 0 aliphatic heterocycles. The zero-order valence-corrected chi connectivity index (χ0v) is 17.2. The Kier molecular flexibility index (Phi) is 5.81. The quantitative estimate of drug-likeness (QED) is 0.427. The molecule has 0 fully saturated rings. The molecular formula is C25H26N2O3. The van der Waals surface area contributed by atoms with Crippen LogP contribution in [-0.2, 0) is 23.4 Å². The summed E-state index contributed by atoms with van der Waals surface area (Å²) < 4.78 is 12.5. The Balaban J connectivity index is 1.80. The van der Waals surface area contributed by atoms with Crippen molar-refractivity contribution in [2.45, 2.75) is 38.4 Å². The summed E-state index contributed by atoms with van der Waals surface area (Å²) >= 11 is 0. The van der Waals surface area contributed by atoms with E-state index in [-0.39, 0.29) is 5.78 Å². The van der Waals surface area contributed by atoms with Crippen LogP contribution in [0.4, 0.5) is 0 Å². The van der Waals surface area contributed by atoms with Gasteiger partial charge in [-0.05, 0) is 37.5 Å². The number of hydrogen-bond acceptors (Lipinski definition) is 4. The molecule has 1 heterocycles. The third-order valence-electron chi connectivity index (χ3n) is 5.59. The molecule has 3 aromatic rings. The highest BCUT2D eigenvalue weighted by Crippen LogP contribution is 2.38. The summed E-state index contributed by atoms with van der Waals surface area (Å²) in [5, 5.41) is 0. The average molecular weight is 402 g/mol. The molecule has 0 saturated heterocycles. The van der Waals surface area contributed by atoms with Gasteiger partial charge < -0.3 is 14.5 Å². The highest BCUT2D eigenvalue weighted by molar-refractivity contribution is 5.99. The molecule has 1 aliphatic rings. The zero-order valence-electron chi connectivity index (χ0n) is 17.2. The van der Waals surface area contributed by atoms with Gasteiger partial charge in [0.2, 0.25) is 0 Å². The minimum absolute atomic E-state index is 0.185. The molecule has 0 saturated carbocycles. The van der Waals surface area contributed by atoms with Gasteiger partial charge in [-0.25, -0.2) is 4.98 Å². The second-order valence-electron chi connectivity index (χ2n) is 7.59. The number of ether oxygens (including phenoxy) is 2. The summed E-state index contributed by atoms with van der Waals surface area (Å²) in [6, 6.07) is 13.8. The Morgan fingerprint density at radius 3 is 2.77 bits per heavy atom. The first kappa shape index (κ1) is 20.1. The van der Waals surface area contributed by atoms with Crippen LogP contribution < -0.4 is 4.74 Å². The van der Waals surface area contributed by atoms with Crippen molar-refractivity contribution in [3.05, 3.63) is 95.6 Å². The predicted molar refractivity (Wildman–Crippen MR) is 116 cm³/mol. The van der Waals surface area contributed by atoms with E-state index < -0.39 is 5.60 Å². The summed E-state index contributed by atoms with van der Waals surface area (Å²) in [5.74, 6) is 1.60. The number of carbonyl (C=O) groups is 1. The molecule has 0 spiro atoms. The van der Waals surface area contributed by atoms with Crippen molar-refractivity contribution >= 4 is 5.78 Å². The van der Waals surface area contributed by atoms with Gasteiger partial charge in [0.05, 0.1) is 13.2 Å². The number of rotatable bonds is 8. The minimum Gasteiger partial charge on any atom is -0.474 e. The number of nitrogens with one attached hydrogen (secondary N) is 1. The monoisotopic (exact) mass is 402 g/mol. The number of imidazole rings is 1.